The summed E-state index contributed by atoms with van der Waals surface area (Å²) in [5.74, 6) is 1.12. The predicted octanol–water partition coefficient (Wildman–Crippen LogP) is 1.35. The number of aromatic nitrogens is 4. The van der Waals surface area contributed by atoms with Crippen LogP contribution in [0.4, 0.5) is 5.69 Å². The van der Waals surface area contributed by atoms with Gasteiger partial charge < -0.3 is 19.4 Å². The highest BCUT2D eigenvalue weighted by molar-refractivity contribution is 7.99. The third-order valence-electron chi connectivity index (χ3n) is 4.92. The van der Waals surface area contributed by atoms with Crippen LogP contribution in [0.3, 0.4) is 0 Å². The zero-order chi connectivity index (χ0) is 22.1. The molecule has 3 heterocycles. The number of hydrogen-bond acceptors (Lipinski definition) is 7. The van der Waals surface area contributed by atoms with E-state index in [4.69, 9.17) is 9.47 Å². The van der Waals surface area contributed by atoms with Crippen LogP contribution < -0.4 is 26.0 Å². The molecule has 0 atom stereocenters. The monoisotopic (exact) mass is 445 g/mol. The number of benzene rings is 1. The number of hydrogen-bond donors (Lipinski definition) is 1. The molecule has 1 aliphatic rings. The first-order valence-corrected chi connectivity index (χ1v) is 10.9. The van der Waals surface area contributed by atoms with Crippen LogP contribution >= 0.6 is 11.8 Å². The number of amides is 1. The van der Waals surface area contributed by atoms with Crippen LogP contribution in [-0.2, 0) is 25.4 Å². The molecule has 1 N–H and O–H groups in total. The Hall–Kier alpha value is -3.21. The molecule has 0 saturated heterocycles. The number of aryl methyl sites for hydroxylation is 2. The molecule has 0 saturated carbocycles. The minimum Gasteiger partial charge on any atom is -0.486 e. The summed E-state index contributed by atoms with van der Waals surface area (Å²) in [4.78, 5) is 41.9. The molecule has 1 amide bonds. The van der Waals surface area contributed by atoms with Crippen molar-refractivity contribution < 1.29 is 14.3 Å². The van der Waals surface area contributed by atoms with Crippen LogP contribution in [0, 0.1) is 0 Å². The number of fused-ring (bicyclic) bond motifs is 2. The summed E-state index contributed by atoms with van der Waals surface area (Å²) in [7, 11) is 3.03. The zero-order valence-electron chi connectivity index (χ0n) is 17.5. The maximum atomic E-state index is 12.7. The Labute approximate surface area is 181 Å². The Morgan fingerprint density at radius 2 is 1.90 bits per heavy atom. The normalized spacial score (nSPS) is 12.9. The van der Waals surface area contributed by atoms with Gasteiger partial charge in [0.1, 0.15) is 13.2 Å². The molecule has 0 aliphatic carbocycles. The van der Waals surface area contributed by atoms with Crippen molar-refractivity contribution in [3.8, 4) is 11.5 Å². The molecule has 2 aromatic heterocycles. The topological polar surface area (TPSA) is 109 Å². The minimum absolute atomic E-state index is 0.0930. The van der Waals surface area contributed by atoms with Gasteiger partial charge >= 0.3 is 5.69 Å². The molecular weight excluding hydrogens is 422 g/mol. The highest BCUT2D eigenvalue weighted by Crippen LogP contribution is 2.32. The van der Waals surface area contributed by atoms with Crippen molar-refractivity contribution in [2.24, 2.45) is 14.1 Å². The van der Waals surface area contributed by atoms with E-state index in [1.54, 1.807) is 29.8 Å². The Kier molecular flexibility index (Phi) is 5.77. The van der Waals surface area contributed by atoms with E-state index in [9.17, 15) is 14.4 Å². The van der Waals surface area contributed by atoms with E-state index >= 15 is 0 Å². The van der Waals surface area contributed by atoms with Gasteiger partial charge in [-0.05, 0) is 18.6 Å². The molecule has 164 valence electrons. The van der Waals surface area contributed by atoms with Crippen molar-refractivity contribution in [1.29, 1.82) is 0 Å². The van der Waals surface area contributed by atoms with Gasteiger partial charge in [0.05, 0.1) is 5.75 Å². The number of anilines is 1. The molecule has 10 nitrogen and oxygen atoms in total. The number of rotatable bonds is 6. The van der Waals surface area contributed by atoms with Gasteiger partial charge in [-0.2, -0.15) is 0 Å². The van der Waals surface area contributed by atoms with Gasteiger partial charge in [0.25, 0.3) is 5.56 Å². The lowest BCUT2D eigenvalue weighted by molar-refractivity contribution is -0.113. The summed E-state index contributed by atoms with van der Waals surface area (Å²) in [6.45, 7) is 3.51. The summed E-state index contributed by atoms with van der Waals surface area (Å²) in [6.07, 6.45) is 0.772. The molecule has 11 heteroatoms. The lowest BCUT2D eigenvalue weighted by Gasteiger charge is -2.19. The van der Waals surface area contributed by atoms with Crippen molar-refractivity contribution in [3.05, 3.63) is 39.0 Å². The summed E-state index contributed by atoms with van der Waals surface area (Å²) < 4.78 is 15.2. The van der Waals surface area contributed by atoms with E-state index < -0.39 is 11.2 Å². The van der Waals surface area contributed by atoms with Crippen molar-refractivity contribution in [1.82, 2.24) is 18.7 Å². The smallest absolute Gasteiger partial charge is 0.332 e. The molecule has 0 radical (unpaired) electrons. The number of thioether (sulfide) groups is 1. The minimum atomic E-state index is -0.438. The van der Waals surface area contributed by atoms with E-state index in [-0.39, 0.29) is 11.7 Å². The number of carbonyl (C=O) groups is 1. The highest BCUT2D eigenvalue weighted by atomic mass is 32.2. The lowest BCUT2D eigenvalue weighted by Crippen LogP contribution is -2.37. The Bertz CT molecular complexity index is 1280. The van der Waals surface area contributed by atoms with Crippen molar-refractivity contribution in [3.63, 3.8) is 0 Å². The number of ether oxygens (including phenoxy) is 2. The predicted molar refractivity (Wildman–Crippen MR) is 117 cm³/mol. The van der Waals surface area contributed by atoms with Gasteiger partial charge in [-0.3, -0.25) is 18.7 Å². The molecule has 3 aromatic rings. The fourth-order valence-corrected chi connectivity index (χ4v) is 4.24. The van der Waals surface area contributed by atoms with Gasteiger partial charge in [-0.15, -0.1) is 0 Å². The van der Waals surface area contributed by atoms with Gasteiger partial charge in [0.2, 0.25) is 5.91 Å². The third-order valence-corrected chi connectivity index (χ3v) is 5.89. The lowest BCUT2D eigenvalue weighted by atomic mass is 10.2. The van der Waals surface area contributed by atoms with Crippen LogP contribution in [-0.4, -0.2) is 43.6 Å². The van der Waals surface area contributed by atoms with Gasteiger partial charge in [-0.25, -0.2) is 9.78 Å². The second kappa shape index (κ2) is 8.50. The second-order valence-corrected chi connectivity index (χ2v) is 8.06. The van der Waals surface area contributed by atoms with Crippen molar-refractivity contribution in [2.45, 2.75) is 25.0 Å². The van der Waals surface area contributed by atoms with E-state index in [0.29, 0.717) is 53.3 Å². The van der Waals surface area contributed by atoms with Crippen LogP contribution in [0.2, 0.25) is 0 Å². The number of imidazole rings is 1. The first-order chi connectivity index (χ1) is 14.9. The molecule has 0 unspecified atom stereocenters. The highest BCUT2D eigenvalue weighted by Gasteiger charge is 2.20. The molecule has 1 aliphatic heterocycles. The largest absolute Gasteiger partial charge is 0.486 e. The average Bonchev–Trinajstić information content (AvgIpc) is 3.13. The summed E-state index contributed by atoms with van der Waals surface area (Å²) >= 11 is 1.22. The Morgan fingerprint density at radius 1 is 1.16 bits per heavy atom. The number of nitrogens with zero attached hydrogens (tertiary/aromatic N) is 4. The van der Waals surface area contributed by atoms with Crippen molar-refractivity contribution >= 4 is 34.5 Å². The number of carbonyl (C=O) groups excluding carboxylic acids is 1. The van der Waals surface area contributed by atoms with Gasteiger partial charge in [-0.1, -0.05) is 18.7 Å². The first-order valence-electron chi connectivity index (χ1n) is 9.89. The molecule has 0 fully saturated rings. The number of nitrogens with one attached hydrogen (secondary N) is 1. The first kappa shape index (κ1) is 21.0. The molecule has 1 aromatic carbocycles. The van der Waals surface area contributed by atoms with E-state index in [2.05, 4.69) is 10.3 Å². The van der Waals surface area contributed by atoms with Crippen molar-refractivity contribution in [2.75, 3.05) is 24.3 Å². The summed E-state index contributed by atoms with van der Waals surface area (Å²) in [6, 6.07) is 5.24. The molecular formula is C20H23N5O5S. The summed E-state index contributed by atoms with van der Waals surface area (Å²) in [5, 5.41) is 3.36. The maximum absolute atomic E-state index is 12.7. The zero-order valence-corrected chi connectivity index (χ0v) is 18.3. The van der Waals surface area contributed by atoms with Gasteiger partial charge in [0.15, 0.2) is 27.8 Å². The third kappa shape index (κ3) is 3.92. The van der Waals surface area contributed by atoms with Crippen LogP contribution in [0.1, 0.15) is 13.3 Å². The van der Waals surface area contributed by atoms with E-state index in [1.165, 1.54) is 23.4 Å². The van der Waals surface area contributed by atoms with Crippen LogP contribution in [0.15, 0.2) is 32.9 Å². The van der Waals surface area contributed by atoms with E-state index in [0.717, 1.165) is 11.0 Å². The standard InChI is InChI=1S/C20H23N5O5S/c1-4-7-25-16-17(23(2)20(28)24(3)18(16)27)22-19(25)31-11-15(26)21-12-5-6-13-14(10-12)30-9-8-29-13/h5-6,10H,4,7-9,11H2,1-3H3,(H,21,26). The fourth-order valence-electron chi connectivity index (χ4n) is 3.42. The van der Waals surface area contributed by atoms with Gasteiger partial charge in [0, 0.05) is 32.4 Å². The molecule has 4 rings (SSSR count). The molecule has 0 bridgehead atoms. The maximum Gasteiger partial charge on any atom is 0.332 e. The Morgan fingerprint density at radius 3 is 2.65 bits per heavy atom. The van der Waals surface area contributed by atoms with Crippen LogP contribution in [0.5, 0.6) is 11.5 Å². The molecule has 0 spiro atoms. The SMILES string of the molecule is CCCn1c(SCC(=O)Nc2ccc3c(c2)OCCO3)nc2c1c(=O)n(C)c(=O)n2C. The fraction of sp³-hybridized carbons (Fsp3) is 0.400. The quantitative estimate of drug-likeness (QED) is 0.570. The van der Waals surface area contributed by atoms with Crippen LogP contribution in [0.25, 0.3) is 11.2 Å². The molecule has 31 heavy (non-hydrogen) atoms. The second-order valence-electron chi connectivity index (χ2n) is 7.12. The van der Waals surface area contributed by atoms with E-state index in [1.807, 2.05) is 6.92 Å². The average molecular weight is 446 g/mol. The Balaban J connectivity index is 1.56. The summed E-state index contributed by atoms with van der Waals surface area (Å²) in [5.41, 5.74) is 0.448.